The zero-order valence-corrected chi connectivity index (χ0v) is 27.7. The minimum absolute atomic E-state index is 0.00801. The van der Waals surface area contributed by atoms with Crippen molar-refractivity contribution in [3.05, 3.63) is 53.1 Å². The molecule has 0 amide bonds. The maximum Gasteiger partial charge on any atom is 0.335 e. The van der Waals surface area contributed by atoms with Gasteiger partial charge in [0.25, 0.3) is 0 Å². The Morgan fingerprint density at radius 1 is 1.00 bits per heavy atom. The van der Waals surface area contributed by atoms with Crippen LogP contribution in [0.25, 0.3) is 5.57 Å². The smallest absolute Gasteiger partial charge is 0.335 e. The molecule has 246 valence electrons. The van der Waals surface area contributed by atoms with Crippen LogP contribution in [0.2, 0.25) is 0 Å². The van der Waals surface area contributed by atoms with Crippen LogP contribution in [0.15, 0.2) is 36.4 Å². The first kappa shape index (κ1) is 36.0. The van der Waals surface area contributed by atoms with Crippen molar-refractivity contribution in [3.63, 3.8) is 0 Å². The second kappa shape index (κ2) is 19.2. The predicted molar refractivity (Wildman–Crippen MR) is 177 cm³/mol. The summed E-state index contributed by atoms with van der Waals surface area (Å²) in [6.07, 6.45) is 19.9. The van der Waals surface area contributed by atoms with Gasteiger partial charge in [-0.3, -0.25) is 4.79 Å². The molecule has 0 bridgehead atoms. The molecule has 6 nitrogen and oxygen atoms in total. The van der Waals surface area contributed by atoms with Crippen molar-refractivity contribution in [1.82, 2.24) is 0 Å². The number of unbranched alkanes of at least 4 members (excludes halogenated alkanes) is 2. The minimum atomic E-state index is -0.650. The minimum Gasteiger partial charge on any atom is -0.465 e. The van der Waals surface area contributed by atoms with Gasteiger partial charge in [-0.25, -0.2) is 4.79 Å². The Morgan fingerprint density at radius 2 is 1.75 bits per heavy atom. The van der Waals surface area contributed by atoms with Gasteiger partial charge in [0.2, 0.25) is 0 Å². The van der Waals surface area contributed by atoms with Crippen molar-refractivity contribution < 1.29 is 29.3 Å². The number of esters is 2. The molecule has 0 aliphatic heterocycles. The molecular formula is C38H58O6. The summed E-state index contributed by atoms with van der Waals surface area (Å²) in [4.78, 5) is 24.2. The fourth-order valence-corrected chi connectivity index (χ4v) is 6.93. The van der Waals surface area contributed by atoms with Crippen LogP contribution in [0.1, 0.15) is 115 Å². The maximum absolute atomic E-state index is 12.1. The number of rotatable bonds is 18. The van der Waals surface area contributed by atoms with Crippen molar-refractivity contribution in [2.24, 2.45) is 29.6 Å². The van der Waals surface area contributed by atoms with Gasteiger partial charge < -0.3 is 19.7 Å². The van der Waals surface area contributed by atoms with Crippen molar-refractivity contribution in [1.29, 1.82) is 0 Å². The van der Waals surface area contributed by atoms with Crippen LogP contribution in [0, 0.1) is 29.6 Å². The number of ether oxygens (including phenoxy) is 2. The SMILES string of the molecule is C=C(CO)C(=O)OCC(CCc1ccc(C2=CCC(C3CCC(CCCCC)CC3)CC2)c(CC)c1)COC(=O)C(C)CO. The van der Waals surface area contributed by atoms with E-state index in [0.717, 1.165) is 37.0 Å². The number of carbonyl (C=O) groups excluding carboxylic acids is 2. The first-order valence-electron chi connectivity index (χ1n) is 17.3. The number of hydrogen-bond donors (Lipinski definition) is 2. The van der Waals surface area contributed by atoms with E-state index < -0.39 is 24.5 Å². The van der Waals surface area contributed by atoms with Crippen LogP contribution >= 0.6 is 0 Å². The number of allylic oxidation sites excluding steroid dienone is 2. The predicted octanol–water partition coefficient (Wildman–Crippen LogP) is 7.63. The standard InChI is InChI=1S/C38H58O6/c1-5-7-8-9-29-12-15-33(16-13-29)34-17-19-35(20-18-34)36-21-14-30(22-32(36)6-2)10-11-31(25-43-37(41)27(3)23-39)26-44-38(42)28(4)24-40/h14,19,21-22,28-29,31,33-34,39-40H,3,5-13,15-18,20,23-26H2,1-2,4H3. The molecule has 6 heteroatoms. The highest BCUT2D eigenvalue weighted by molar-refractivity contribution is 5.87. The molecule has 1 aromatic carbocycles. The Balaban J connectivity index is 1.57. The topological polar surface area (TPSA) is 93.1 Å². The third-order valence-corrected chi connectivity index (χ3v) is 10.0. The van der Waals surface area contributed by atoms with E-state index in [1.165, 1.54) is 86.5 Å². The molecule has 3 rings (SSSR count). The highest BCUT2D eigenvalue weighted by atomic mass is 16.5. The molecule has 2 N–H and O–H groups in total. The van der Waals surface area contributed by atoms with Crippen LogP contribution in [0.4, 0.5) is 0 Å². The lowest BCUT2D eigenvalue weighted by molar-refractivity contribution is -0.152. The quantitative estimate of drug-likeness (QED) is 0.101. The average molecular weight is 611 g/mol. The molecule has 3 atom stereocenters. The molecule has 1 fully saturated rings. The summed E-state index contributed by atoms with van der Waals surface area (Å²) in [6.45, 7) is 9.05. The molecule has 0 spiro atoms. The van der Waals surface area contributed by atoms with Gasteiger partial charge in [0.15, 0.2) is 0 Å². The van der Waals surface area contributed by atoms with E-state index in [0.29, 0.717) is 6.42 Å². The maximum atomic E-state index is 12.1. The van der Waals surface area contributed by atoms with Gasteiger partial charge in [-0.05, 0) is 98.3 Å². The van der Waals surface area contributed by atoms with E-state index in [1.54, 1.807) is 6.92 Å². The normalized spacial score (nSPS) is 21.7. The van der Waals surface area contributed by atoms with Crippen molar-refractivity contribution in [3.8, 4) is 0 Å². The van der Waals surface area contributed by atoms with Gasteiger partial charge in [0.05, 0.1) is 37.9 Å². The second-order valence-corrected chi connectivity index (χ2v) is 13.4. The molecular weight excluding hydrogens is 552 g/mol. The van der Waals surface area contributed by atoms with Gasteiger partial charge in [0.1, 0.15) is 0 Å². The Kier molecular flexibility index (Phi) is 15.7. The number of aryl methyl sites for hydroxylation is 2. The molecule has 0 aromatic heterocycles. The monoisotopic (exact) mass is 610 g/mol. The highest BCUT2D eigenvalue weighted by Gasteiger charge is 2.29. The molecule has 2 aliphatic carbocycles. The molecule has 1 aromatic rings. The van der Waals surface area contributed by atoms with Crippen LogP contribution in [-0.4, -0.2) is 48.6 Å². The summed E-state index contributed by atoms with van der Waals surface area (Å²) in [5, 5.41) is 18.4. The third-order valence-electron chi connectivity index (χ3n) is 10.0. The third kappa shape index (κ3) is 11.2. The average Bonchev–Trinajstić information content (AvgIpc) is 3.07. The summed E-state index contributed by atoms with van der Waals surface area (Å²) in [7, 11) is 0. The molecule has 1 saturated carbocycles. The van der Waals surface area contributed by atoms with Gasteiger partial charge in [-0.15, -0.1) is 0 Å². The van der Waals surface area contributed by atoms with Gasteiger partial charge >= 0.3 is 11.9 Å². The zero-order valence-electron chi connectivity index (χ0n) is 27.7. The fraction of sp³-hybridized carbons (Fsp3) is 0.684. The fourth-order valence-electron chi connectivity index (χ4n) is 6.93. The largest absolute Gasteiger partial charge is 0.465 e. The lowest BCUT2D eigenvalue weighted by atomic mass is 9.70. The summed E-state index contributed by atoms with van der Waals surface area (Å²) >= 11 is 0. The molecule has 2 aliphatic rings. The number of benzene rings is 1. The second-order valence-electron chi connectivity index (χ2n) is 13.4. The lowest BCUT2D eigenvalue weighted by Gasteiger charge is -2.35. The molecule has 3 unspecified atom stereocenters. The number of aliphatic hydroxyl groups excluding tert-OH is 2. The van der Waals surface area contributed by atoms with Gasteiger partial charge in [-0.2, -0.15) is 0 Å². The number of aliphatic hydroxyl groups is 2. The van der Waals surface area contributed by atoms with Crippen LogP contribution in [0.3, 0.4) is 0 Å². The van der Waals surface area contributed by atoms with Crippen molar-refractivity contribution >= 4 is 17.5 Å². The molecule has 0 heterocycles. The number of hydrogen-bond acceptors (Lipinski definition) is 6. The molecule has 0 saturated heterocycles. The van der Waals surface area contributed by atoms with Crippen molar-refractivity contribution in [2.45, 2.75) is 111 Å². The number of carbonyl (C=O) groups is 2. The zero-order chi connectivity index (χ0) is 31.9. The Bertz CT molecular complexity index is 1080. The highest BCUT2D eigenvalue weighted by Crippen LogP contribution is 2.42. The summed E-state index contributed by atoms with van der Waals surface area (Å²) in [5.74, 6) is 0.779. The van der Waals surface area contributed by atoms with Gasteiger partial charge in [0, 0.05) is 5.92 Å². The Labute approximate surface area is 266 Å². The lowest BCUT2D eigenvalue weighted by Crippen LogP contribution is -2.25. The Hall–Kier alpha value is -2.44. The first-order valence-corrected chi connectivity index (χ1v) is 17.3. The van der Waals surface area contributed by atoms with E-state index in [-0.39, 0.29) is 31.3 Å². The Morgan fingerprint density at radius 3 is 2.39 bits per heavy atom. The van der Waals surface area contributed by atoms with E-state index in [1.807, 2.05) is 0 Å². The van der Waals surface area contributed by atoms with Crippen LogP contribution in [0.5, 0.6) is 0 Å². The van der Waals surface area contributed by atoms with E-state index in [9.17, 15) is 14.7 Å². The summed E-state index contributed by atoms with van der Waals surface area (Å²) < 4.78 is 10.8. The van der Waals surface area contributed by atoms with E-state index >= 15 is 0 Å². The summed E-state index contributed by atoms with van der Waals surface area (Å²) in [6, 6.07) is 6.79. The van der Waals surface area contributed by atoms with E-state index in [2.05, 4.69) is 44.7 Å². The first-order chi connectivity index (χ1) is 21.3. The van der Waals surface area contributed by atoms with Crippen LogP contribution in [-0.2, 0) is 31.9 Å². The van der Waals surface area contributed by atoms with E-state index in [4.69, 9.17) is 14.6 Å². The van der Waals surface area contributed by atoms with Crippen LogP contribution < -0.4 is 0 Å². The molecule has 44 heavy (non-hydrogen) atoms. The van der Waals surface area contributed by atoms with Gasteiger partial charge in [-0.1, -0.05) is 83.2 Å². The molecule has 0 radical (unpaired) electrons. The van der Waals surface area contributed by atoms with Crippen molar-refractivity contribution in [2.75, 3.05) is 26.4 Å². The summed E-state index contributed by atoms with van der Waals surface area (Å²) in [5.41, 5.74) is 5.45.